The van der Waals surface area contributed by atoms with Crippen molar-refractivity contribution in [1.29, 1.82) is 0 Å². The lowest BCUT2D eigenvalue weighted by atomic mass is 9.88. The number of benzene rings is 2. The molecule has 1 atom stereocenters. The number of imide groups is 1. The first-order valence-corrected chi connectivity index (χ1v) is 10.4. The number of nitrogens with zero attached hydrogens (tertiary/aromatic N) is 2. The fourth-order valence-electron chi connectivity index (χ4n) is 4.38. The van der Waals surface area contributed by atoms with Gasteiger partial charge in [0, 0.05) is 17.1 Å². The van der Waals surface area contributed by atoms with Crippen LogP contribution in [0.3, 0.4) is 0 Å². The molecule has 0 bridgehead atoms. The summed E-state index contributed by atoms with van der Waals surface area (Å²) in [5, 5.41) is 3.47. The molecule has 30 heavy (non-hydrogen) atoms. The predicted molar refractivity (Wildman–Crippen MR) is 114 cm³/mol. The number of nitrogens with one attached hydrogen (secondary N) is 1. The third-order valence-electron chi connectivity index (χ3n) is 5.75. The van der Waals surface area contributed by atoms with Crippen molar-refractivity contribution >= 4 is 29.4 Å². The van der Waals surface area contributed by atoms with Gasteiger partial charge in [-0.25, -0.2) is 4.79 Å². The molecule has 6 nitrogen and oxygen atoms in total. The standard InChI is InChI=1S/C23H24ClN3O3/c1-15-10-16(2)12-18(11-15)20(28)26-9-3-8-23(14-26)21(29)27(22(30)25-23)13-17-4-6-19(24)7-5-17/h4-7,10-12H,3,8-9,13-14H2,1-2H3,(H,25,30). The minimum Gasteiger partial charge on any atom is -0.336 e. The highest BCUT2D eigenvalue weighted by Gasteiger charge is 2.53. The van der Waals surface area contributed by atoms with Gasteiger partial charge in [0.1, 0.15) is 5.54 Å². The molecule has 7 heteroatoms. The minimum absolute atomic E-state index is 0.112. The number of rotatable bonds is 3. The molecule has 0 radical (unpaired) electrons. The molecule has 2 saturated heterocycles. The maximum atomic E-state index is 13.3. The van der Waals surface area contributed by atoms with Crippen molar-refractivity contribution < 1.29 is 14.4 Å². The summed E-state index contributed by atoms with van der Waals surface area (Å²) in [6.45, 7) is 4.83. The molecule has 1 unspecified atom stereocenters. The maximum Gasteiger partial charge on any atom is 0.325 e. The number of likely N-dealkylation sites (tertiary alicyclic amines) is 1. The first kappa shape index (κ1) is 20.4. The van der Waals surface area contributed by atoms with E-state index in [-0.39, 0.29) is 24.9 Å². The summed E-state index contributed by atoms with van der Waals surface area (Å²) in [4.78, 5) is 41.9. The van der Waals surface area contributed by atoms with Crippen molar-refractivity contribution in [3.63, 3.8) is 0 Å². The van der Waals surface area contributed by atoms with E-state index < -0.39 is 11.6 Å². The van der Waals surface area contributed by atoms with Crippen molar-refractivity contribution in [2.75, 3.05) is 13.1 Å². The Bertz CT molecular complexity index is 1000. The number of amides is 4. The van der Waals surface area contributed by atoms with E-state index in [4.69, 9.17) is 11.6 Å². The molecule has 1 N–H and O–H groups in total. The first-order chi connectivity index (χ1) is 14.3. The van der Waals surface area contributed by atoms with Gasteiger partial charge in [-0.3, -0.25) is 14.5 Å². The van der Waals surface area contributed by atoms with Crippen LogP contribution in [-0.2, 0) is 11.3 Å². The van der Waals surface area contributed by atoms with Gasteiger partial charge >= 0.3 is 6.03 Å². The lowest BCUT2D eigenvalue weighted by Gasteiger charge is -2.38. The van der Waals surface area contributed by atoms with Crippen LogP contribution in [0.5, 0.6) is 0 Å². The number of halogens is 1. The van der Waals surface area contributed by atoms with Gasteiger partial charge in [0.15, 0.2) is 0 Å². The Morgan fingerprint density at radius 1 is 1.10 bits per heavy atom. The van der Waals surface area contributed by atoms with E-state index in [0.29, 0.717) is 30.0 Å². The van der Waals surface area contributed by atoms with E-state index in [9.17, 15) is 14.4 Å². The first-order valence-electron chi connectivity index (χ1n) is 10.0. The van der Waals surface area contributed by atoms with Crippen LogP contribution in [0, 0.1) is 13.8 Å². The second-order valence-electron chi connectivity index (χ2n) is 8.24. The lowest BCUT2D eigenvalue weighted by Crippen LogP contribution is -2.59. The highest BCUT2D eigenvalue weighted by molar-refractivity contribution is 6.30. The third kappa shape index (κ3) is 3.79. The van der Waals surface area contributed by atoms with Crippen molar-refractivity contribution in [3.8, 4) is 0 Å². The van der Waals surface area contributed by atoms with Crippen LogP contribution in [0.25, 0.3) is 0 Å². The largest absolute Gasteiger partial charge is 0.336 e. The molecule has 0 aromatic heterocycles. The van der Waals surface area contributed by atoms with E-state index in [2.05, 4.69) is 5.32 Å². The zero-order chi connectivity index (χ0) is 21.5. The Balaban J connectivity index is 1.54. The SMILES string of the molecule is Cc1cc(C)cc(C(=O)N2CCCC3(C2)NC(=O)N(Cc2ccc(Cl)cc2)C3=O)c1. The molecule has 2 aliphatic rings. The number of hydrogen-bond acceptors (Lipinski definition) is 3. The molecule has 1 spiro atoms. The number of carbonyl (C=O) groups is 3. The van der Waals surface area contributed by atoms with Gasteiger partial charge in [-0.1, -0.05) is 40.9 Å². The zero-order valence-corrected chi connectivity index (χ0v) is 17.8. The average Bonchev–Trinajstić information content (AvgIpc) is 2.92. The number of aryl methyl sites for hydroxylation is 2. The molecular formula is C23H24ClN3O3. The lowest BCUT2D eigenvalue weighted by molar-refractivity contribution is -0.133. The fourth-order valence-corrected chi connectivity index (χ4v) is 4.50. The molecule has 156 valence electrons. The molecule has 2 aromatic carbocycles. The van der Waals surface area contributed by atoms with Gasteiger partial charge in [-0.05, 0) is 56.5 Å². The molecule has 0 aliphatic carbocycles. The van der Waals surface area contributed by atoms with Gasteiger partial charge in [0.2, 0.25) is 0 Å². The molecular weight excluding hydrogens is 402 g/mol. The smallest absolute Gasteiger partial charge is 0.325 e. The normalized spacial score (nSPS) is 21.3. The quantitative estimate of drug-likeness (QED) is 0.762. The Morgan fingerprint density at radius 3 is 2.43 bits per heavy atom. The highest BCUT2D eigenvalue weighted by Crippen LogP contribution is 2.30. The molecule has 2 aromatic rings. The molecule has 4 amide bonds. The van der Waals surface area contributed by atoms with Crippen LogP contribution < -0.4 is 5.32 Å². The summed E-state index contributed by atoms with van der Waals surface area (Å²) >= 11 is 5.92. The molecule has 4 rings (SSSR count). The number of carbonyl (C=O) groups excluding carboxylic acids is 3. The summed E-state index contributed by atoms with van der Waals surface area (Å²) in [7, 11) is 0. The van der Waals surface area contributed by atoms with Crippen LogP contribution in [0.1, 0.15) is 39.9 Å². The second kappa shape index (κ2) is 7.76. The van der Waals surface area contributed by atoms with E-state index in [1.807, 2.05) is 32.0 Å². The Morgan fingerprint density at radius 2 is 1.77 bits per heavy atom. The summed E-state index contributed by atoms with van der Waals surface area (Å²) in [5.74, 6) is -0.389. The minimum atomic E-state index is -1.06. The van der Waals surface area contributed by atoms with Crippen molar-refractivity contribution in [2.24, 2.45) is 0 Å². The van der Waals surface area contributed by atoms with Crippen LogP contribution in [0.15, 0.2) is 42.5 Å². The second-order valence-corrected chi connectivity index (χ2v) is 8.67. The number of piperidine rings is 1. The van der Waals surface area contributed by atoms with Gasteiger partial charge in [-0.2, -0.15) is 0 Å². The molecule has 2 heterocycles. The van der Waals surface area contributed by atoms with E-state index >= 15 is 0 Å². The van der Waals surface area contributed by atoms with Crippen LogP contribution in [-0.4, -0.2) is 46.3 Å². The van der Waals surface area contributed by atoms with Gasteiger partial charge in [-0.15, -0.1) is 0 Å². The highest BCUT2D eigenvalue weighted by atomic mass is 35.5. The van der Waals surface area contributed by atoms with Crippen LogP contribution >= 0.6 is 11.6 Å². The topological polar surface area (TPSA) is 69.7 Å². The summed E-state index contributed by atoms with van der Waals surface area (Å²) in [6, 6.07) is 12.4. The van der Waals surface area contributed by atoms with Gasteiger partial charge < -0.3 is 10.2 Å². The zero-order valence-electron chi connectivity index (χ0n) is 17.1. The summed E-state index contributed by atoms with van der Waals surface area (Å²) in [5.41, 5.74) is 2.41. The molecule has 2 fully saturated rings. The average molecular weight is 426 g/mol. The number of urea groups is 1. The third-order valence-corrected chi connectivity index (χ3v) is 6.00. The van der Waals surface area contributed by atoms with Crippen molar-refractivity contribution in [1.82, 2.24) is 15.1 Å². The van der Waals surface area contributed by atoms with Crippen LogP contribution in [0.2, 0.25) is 5.02 Å². The van der Waals surface area contributed by atoms with E-state index in [0.717, 1.165) is 16.7 Å². The fraction of sp³-hybridized carbons (Fsp3) is 0.348. The number of hydrogen-bond donors (Lipinski definition) is 1. The van der Waals surface area contributed by atoms with Gasteiger partial charge in [0.05, 0.1) is 13.1 Å². The van der Waals surface area contributed by atoms with E-state index in [1.165, 1.54) is 4.90 Å². The molecule has 0 saturated carbocycles. The predicted octanol–water partition coefficient (Wildman–Crippen LogP) is 3.68. The van der Waals surface area contributed by atoms with Crippen molar-refractivity contribution in [3.05, 3.63) is 69.7 Å². The van der Waals surface area contributed by atoms with E-state index in [1.54, 1.807) is 29.2 Å². The Kier molecular flexibility index (Phi) is 5.28. The molecule has 2 aliphatic heterocycles. The monoisotopic (exact) mass is 425 g/mol. The maximum absolute atomic E-state index is 13.3. The van der Waals surface area contributed by atoms with Crippen molar-refractivity contribution in [2.45, 2.75) is 38.8 Å². The Hall–Kier alpha value is -2.86. The van der Waals surface area contributed by atoms with Gasteiger partial charge in [0.25, 0.3) is 11.8 Å². The van der Waals surface area contributed by atoms with Crippen LogP contribution in [0.4, 0.5) is 4.79 Å². The summed E-state index contributed by atoms with van der Waals surface area (Å²) < 4.78 is 0. The Labute approximate surface area is 180 Å². The summed E-state index contributed by atoms with van der Waals surface area (Å²) in [6.07, 6.45) is 1.17.